The number of carbonyl (C=O) groups excluding carboxylic acids is 2. The summed E-state index contributed by atoms with van der Waals surface area (Å²) in [7, 11) is 0. The first-order valence-electron chi connectivity index (χ1n) is 10.0. The first-order valence-corrected chi connectivity index (χ1v) is 10.0. The summed E-state index contributed by atoms with van der Waals surface area (Å²) in [5.41, 5.74) is 1.02. The molecular formula is C21H38O4. The van der Waals surface area contributed by atoms with Crippen LogP contribution in [0.5, 0.6) is 0 Å². The van der Waals surface area contributed by atoms with Crippen molar-refractivity contribution in [2.45, 2.75) is 91.4 Å². The third kappa shape index (κ3) is 13.6. The van der Waals surface area contributed by atoms with Gasteiger partial charge in [0.1, 0.15) is 0 Å². The lowest BCUT2D eigenvalue weighted by atomic mass is 9.94. The lowest BCUT2D eigenvalue weighted by Gasteiger charge is -2.16. The Morgan fingerprint density at radius 2 is 1.36 bits per heavy atom. The number of esters is 2. The molecule has 0 heterocycles. The van der Waals surface area contributed by atoms with Crippen LogP contribution in [0.2, 0.25) is 0 Å². The lowest BCUT2D eigenvalue weighted by molar-refractivity contribution is -0.154. The van der Waals surface area contributed by atoms with Crippen molar-refractivity contribution in [1.29, 1.82) is 0 Å². The van der Waals surface area contributed by atoms with Gasteiger partial charge in [-0.05, 0) is 33.1 Å². The largest absolute Gasteiger partial charge is 0.466 e. The van der Waals surface area contributed by atoms with Gasteiger partial charge in [0.15, 0.2) is 0 Å². The maximum absolute atomic E-state index is 12.0. The van der Waals surface area contributed by atoms with Crippen LogP contribution >= 0.6 is 0 Å². The smallest absolute Gasteiger partial charge is 0.309 e. The number of carbonyl (C=O) groups is 2. The summed E-state index contributed by atoms with van der Waals surface area (Å²) in [5.74, 6) is -1.14. The van der Waals surface area contributed by atoms with Gasteiger partial charge in [-0.3, -0.25) is 9.59 Å². The van der Waals surface area contributed by atoms with Crippen LogP contribution in [0.1, 0.15) is 91.4 Å². The lowest BCUT2D eigenvalue weighted by Crippen LogP contribution is -2.22. The zero-order chi connectivity index (χ0) is 18.9. The highest BCUT2D eigenvalue weighted by Gasteiger charge is 2.24. The minimum atomic E-state index is -0.472. The fraction of sp³-hybridized carbons (Fsp3) is 0.810. The molecule has 146 valence electrons. The van der Waals surface area contributed by atoms with Crippen LogP contribution in [0.15, 0.2) is 12.2 Å². The van der Waals surface area contributed by atoms with Gasteiger partial charge in [0, 0.05) is 0 Å². The molecular weight excluding hydrogens is 316 g/mol. The van der Waals surface area contributed by atoms with E-state index >= 15 is 0 Å². The third-order valence-corrected chi connectivity index (χ3v) is 4.26. The molecule has 0 fully saturated rings. The van der Waals surface area contributed by atoms with E-state index in [4.69, 9.17) is 9.47 Å². The molecule has 0 aromatic rings. The summed E-state index contributed by atoms with van der Waals surface area (Å²) in [6, 6.07) is 0. The van der Waals surface area contributed by atoms with E-state index < -0.39 is 5.92 Å². The van der Waals surface area contributed by atoms with Crippen molar-refractivity contribution in [3.8, 4) is 0 Å². The van der Waals surface area contributed by atoms with Crippen molar-refractivity contribution in [2.75, 3.05) is 13.2 Å². The van der Waals surface area contributed by atoms with Crippen LogP contribution in [-0.4, -0.2) is 25.2 Å². The van der Waals surface area contributed by atoms with Crippen LogP contribution in [-0.2, 0) is 19.1 Å². The second-order valence-corrected chi connectivity index (χ2v) is 6.64. The molecule has 0 aromatic heterocycles. The summed E-state index contributed by atoms with van der Waals surface area (Å²) < 4.78 is 10.0. The molecule has 0 N–H and O–H groups in total. The number of ether oxygens (including phenoxy) is 2. The quantitative estimate of drug-likeness (QED) is 0.206. The highest BCUT2D eigenvalue weighted by molar-refractivity contribution is 5.80. The Hall–Kier alpha value is -1.32. The maximum Gasteiger partial charge on any atom is 0.309 e. The molecule has 0 aliphatic heterocycles. The Morgan fingerprint density at radius 1 is 0.800 bits per heavy atom. The fourth-order valence-corrected chi connectivity index (χ4v) is 2.88. The monoisotopic (exact) mass is 354 g/mol. The van der Waals surface area contributed by atoms with Gasteiger partial charge in [-0.2, -0.15) is 0 Å². The molecule has 4 heteroatoms. The first-order chi connectivity index (χ1) is 12.0. The maximum atomic E-state index is 12.0. The summed E-state index contributed by atoms with van der Waals surface area (Å²) in [4.78, 5) is 23.7. The van der Waals surface area contributed by atoms with E-state index in [0.29, 0.717) is 19.6 Å². The van der Waals surface area contributed by atoms with E-state index in [1.807, 2.05) is 0 Å². The molecule has 0 spiro atoms. The van der Waals surface area contributed by atoms with Crippen LogP contribution < -0.4 is 0 Å². The van der Waals surface area contributed by atoms with Crippen LogP contribution in [0, 0.1) is 5.92 Å². The van der Waals surface area contributed by atoms with E-state index in [-0.39, 0.29) is 18.4 Å². The average molecular weight is 355 g/mol. The average Bonchev–Trinajstić information content (AvgIpc) is 2.57. The Kier molecular flexibility index (Phi) is 15.3. The molecule has 0 radical (unpaired) electrons. The van der Waals surface area contributed by atoms with Gasteiger partial charge < -0.3 is 9.47 Å². The molecule has 0 aliphatic rings. The topological polar surface area (TPSA) is 52.6 Å². The molecule has 1 atom stereocenters. The van der Waals surface area contributed by atoms with Crippen molar-refractivity contribution in [3.05, 3.63) is 12.2 Å². The molecule has 0 saturated heterocycles. The molecule has 0 bridgehead atoms. The third-order valence-electron chi connectivity index (χ3n) is 4.26. The van der Waals surface area contributed by atoms with E-state index in [1.165, 1.54) is 44.9 Å². The summed E-state index contributed by atoms with van der Waals surface area (Å²) in [6.45, 7) is 10.5. The van der Waals surface area contributed by atoms with Gasteiger partial charge in [0.05, 0.1) is 25.6 Å². The van der Waals surface area contributed by atoms with Crippen molar-refractivity contribution in [2.24, 2.45) is 5.92 Å². The molecule has 1 unspecified atom stereocenters. The zero-order valence-corrected chi connectivity index (χ0v) is 16.6. The minimum absolute atomic E-state index is 0.0725. The molecule has 4 nitrogen and oxygen atoms in total. The summed E-state index contributed by atoms with van der Waals surface area (Å²) >= 11 is 0. The van der Waals surface area contributed by atoms with Crippen LogP contribution in [0.4, 0.5) is 0 Å². The van der Waals surface area contributed by atoms with Gasteiger partial charge >= 0.3 is 11.9 Å². The number of hydrogen-bond donors (Lipinski definition) is 0. The second kappa shape index (κ2) is 16.2. The number of allylic oxidation sites excluding steroid dienone is 1. The van der Waals surface area contributed by atoms with Crippen LogP contribution in [0.3, 0.4) is 0 Å². The van der Waals surface area contributed by atoms with E-state index in [1.54, 1.807) is 13.8 Å². The van der Waals surface area contributed by atoms with Gasteiger partial charge in [-0.1, -0.05) is 64.0 Å². The molecule has 0 aromatic carbocycles. The van der Waals surface area contributed by atoms with Gasteiger partial charge in [0.2, 0.25) is 0 Å². The van der Waals surface area contributed by atoms with Gasteiger partial charge in [-0.15, -0.1) is 0 Å². The molecule has 0 amide bonds. The Morgan fingerprint density at radius 3 is 1.92 bits per heavy atom. The predicted octanol–water partition coefficient (Wildman–Crippen LogP) is 5.60. The van der Waals surface area contributed by atoms with Crippen molar-refractivity contribution in [3.63, 3.8) is 0 Å². The number of hydrogen-bond acceptors (Lipinski definition) is 4. The molecule has 0 saturated carbocycles. The van der Waals surface area contributed by atoms with Crippen LogP contribution in [0.25, 0.3) is 0 Å². The highest BCUT2D eigenvalue weighted by Crippen LogP contribution is 2.21. The van der Waals surface area contributed by atoms with Crippen molar-refractivity contribution < 1.29 is 19.1 Å². The van der Waals surface area contributed by atoms with E-state index in [2.05, 4.69) is 13.5 Å². The second-order valence-electron chi connectivity index (χ2n) is 6.64. The van der Waals surface area contributed by atoms with Gasteiger partial charge in [-0.25, -0.2) is 0 Å². The molecule has 0 rings (SSSR count). The zero-order valence-electron chi connectivity index (χ0n) is 16.6. The Bertz CT molecular complexity index is 376. The van der Waals surface area contributed by atoms with E-state index in [0.717, 1.165) is 18.4 Å². The summed E-state index contributed by atoms with van der Waals surface area (Å²) in [5, 5.41) is 0. The summed E-state index contributed by atoms with van der Waals surface area (Å²) in [6.07, 6.45) is 11.7. The van der Waals surface area contributed by atoms with Crippen molar-refractivity contribution >= 4 is 11.9 Å². The van der Waals surface area contributed by atoms with E-state index in [9.17, 15) is 9.59 Å². The SMILES string of the molecule is C=C(CCCCCCCCCC)CC(CC(=O)OCC)C(=O)OCC. The highest BCUT2D eigenvalue weighted by atomic mass is 16.5. The van der Waals surface area contributed by atoms with Gasteiger partial charge in [0.25, 0.3) is 0 Å². The number of unbranched alkanes of at least 4 members (excludes halogenated alkanes) is 7. The molecule has 25 heavy (non-hydrogen) atoms. The number of rotatable bonds is 16. The Balaban J connectivity index is 4.07. The Labute approximate surface area is 154 Å². The normalized spacial score (nSPS) is 11.8. The standard InChI is InChI=1S/C21H38O4/c1-5-8-9-10-11-12-13-14-15-18(4)16-19(21(23)25-7-3)17-20(22)24-6-2/h19H,4-17H2,1-3H3. The minimum Gasteiger partial charge on any atom is -0.466 e. The first kappa shape index (κ1) is 23.7. The van der Waals surface area contributed by atoms with Crippen molar-refractivity contribution in [1.82, 2.24) is 0 Å². The fourth-order valence-electron chi connectivity index (χ4n) is 2.88. The predicted molar refractivity (Wildman–Crippen MR) is 102 cm³/mol. The molecule has 0 aliphatic carbocycles.